The maximum Gasteiger partial charge on any atom is 0.318 e. The quantitative estimate of drug-likeness (QED) is 0.0446. The van der Waals surface area contributed by atoms with E-state index >= 15 is 0 Å². The minimum absolute atomic E-state index is 0.267. The molecule has 3 aromatic carbocycles. The van der Waals surface area contributed by atoms with Crippen molar-refractivity contribution in [3.63, 3.8) is 0 Å². The van der Waals surface area contributed by atoms with Gasteiger partial charge in [-0.1, -0.05) is 5.11 Å². The number of nitrogens with two attached hydrogens (primary N) is 2. The highest BCUT2D eigenvalue weighted by Gasteiger charge is 2.04. The number of hydrogen-bond donors (Lipinski definition) is 5. The summed E-state index contributed by atoms with van der Waals surface area (Å²) in [6.45, 7) is 12.6. The second-order valence-electron chi connectivity index (χ2n) is 9.89. The lowest BCUT2D eigenvalue weighted by atomic mass is 10.1. The van der Waals surface area contributed by atoms with Gasteiger partial charge in [-0.15, -0.1) is 23.2 Å². The molecular weight excluding hydrogens is 589 g/mol. The number of benzene rings is 3. The van der Waals surface area contributed by atoms with E-state index in [1.807, 2.05) is 32.0 Å². The van der Waals surface area contributed by atoms with Gasteiger partial charge in [0.05, 0.1) is 45.9 Å². The number of imidazole rings is 2. The van der Waals surface area contributed by atoms with E-state index in [1.54, 1.807) is 0 Å². The first-order chi connectivity index (χ1) is 20.3. The van der Waals surface area contributed by atoms with Crippen LogP contribution in [0.4, 0.5) is 11.4 Å². The lowest BCUT2D eigenvalue weighted by Gasteiger charge is -2.03. The summed E-state index contributed by atoms with van der Waals surface area (Å²) < 4.78 is 0. The van der Waals surface area contributed by atoms with E-state index in [-0.39, 0.29) is 12.4 Å². The van der Waals surface area contributed by atoms with Gasteiger partial charge in [0.25, 0.3) is 0 Å². The Morgan fingerprint density at radius 1 is 0.791 bits per heavy atom. The van der Waals surface area contributed by atoms with Gasteiger partial charge >= 0.3 is 5.97 Å². The molecule has 0 amide bonds. The number of rotatable bonds is 4. The lowest BCUT2D eigenvalue weighted by Crippen LogP contribution is -1.96. The smallest absolute Gasteiger partial charge is 0.318 e. The number of hydrogen-bond acceptors (Lipinski definition) is 6. The van der Waals surface area contributed by atoms with E-state index in [4.69, 9.17) is 45.3 Å². The van der Waals surface area contributed by atoms with Gasteiger partial charge in [0, 0.05) is 4.91 Å². The fourth-order valence-electron chi connectivity index (χ4n) is 3.74. The zero-order valence-electron chi connectivity index (χ0n) is 25.1. The van der Waals surface area contributed by atoms with Gasteiger partial charge < -0.3 is 26.5 Å². The van der Waals surface area contributed by atoms with Gasteiger partial charge in [-0.3, -0.25) is 4.79 Å². The zero-order chi connectivity index (χ0) is 32.3. The second kappa shape index (κ2) is 16.3. The third kappa shape index (κ3) is 10.4. The largest absolute Gasteiger partial charge is 0.480 e. The monoisotopic (exact) mass is 625 g/mol. The minimum atomic E-state index is -0.980. The molecule has 5 rings (SSSR count). The van der Waals surface area contributed by atoms with Crippen LogP contribution in [0.15, 0.2) is 41.5 Å². The Bertz CT molecular complexity index is 1630. The molecule has 0 saturated heterocycles. The number of anilines is 2. The van der Waals surface area contributed by atoms with Crippen LogP contribution < -0.4 is 11.5 Å². The molecule has 0 atom stereocenters. The average molecular weight is 627 g/mol. The number of halogens is 2. The number of nitrogen functional groups attached to an aromatic ring is 2. The number of azide groups is 1. The molecular formula is C30H37Cl2N9O2. The summed E-state index contributed by atoms with van der Waals surface area (Å²) in [7, 11) is 0. The van der Waals surface area contributed by atoms with Crippen LogP contribution in [0.25, 0.3) is 32.5 Å². The third-order valence-electron chi connectivity index (χ3n) is 6.52. The molecule has 43 heavy (non-hydrogen) atoms. The van der Waals surface area contributed by atoms with Crippen LogP contribution in [-0.2, 0) is 17.2 Å². The maximum atomic E-state index is 9.24. The first-order valence-electron chi connectivity index (χ1n) is 13.2. The number of aromatic nitrogens is 4. The number of aliphatic carboxylic acids is 1. The number of fused-ring (bicyclic) bond motifs is 2. The van der Waals surface area contributed by atoms with Crippen molar-refractivity contribution < 1.29 is 9.90 Å². The van der Waals surface area contributed by atoms with Gasteiger partial charge in [-0.05, 0) is 117 Å². The highest BCUT2D eigenvalue weighted by molar-refractivity contribution is 6.26. The van der Waals surface area contributed by atoms with Gasteiger partial charge in [0.15, 0.2) is 0 Å². The van der Waals surface area contributed by atoms with Crippen molar-refractivity contribution in [2.24, 2.45) is 5.11 Å². The number of nitrogens with one attached hydrogen (secondary N) is 2. The fourth-order valence-corrected chi connectivity index (χ4v) is 3.87. The molecule has 0 aliphatic rings. The number of carboxylic acids is 1. The normalized spacial score (nSPS) is 10.0. The molecule has 0 bridgehead atoms. The predicted octanol–water partition coefficient (Wildman–Crippen LogP) is 7.69. The maximum absolute atomic E-state index is 9.24. The molecule has 0 fully saturated rings. The number of carboxylic acid groups (broad SMARTS) is 1. The summed E-state index contributed by atoms with van der Waals surface area (Å²) in [4.78, 5) is 26.9. The number of alkyl halides is 2. The molecule has 0 unspecified atom stereocenters. The zero-order valence-corrected chi connectivity index (χ0v) is 26.6. The summed E-state index contributed by atoms with van der Waals surface area (Å²) in [6.07, 6.45) is 0. The van der Waals surface area contributed by atoms with E-state index in [0.29, 0.717) is 23.1 Å². The molecule has 0 aliphatic carbocycles. The van der Waals surface area contributed by atoms with Crippen LogP contribution in [0.1, 0.15) is 45.0 Å². The van der Waals surface area contributed by atoms with E-state index in [9.17, 15) is 4.79 Å². The fraction of sp³-hybridized carbons (Fsp3) is 0.300. The molecule has 2 aromatic heterocycles. The molecule has 0 saturated carbocycles. The SMILES string of the molecule is Cc1cc(N)c(N)cc1C.Cc1cc2nc(CCl)[nH]c2cc1C.Cc1cc2nc(CN=[N+]=[N-])[nH]c2cc1C.O=C(O)CCl. The van der Waals surface area contributed by atoms with Crippen LogP contribution in [0.5, 0.6) is 0 Å². The molecule has 0 aliphatic heterocycles. The molecule has 7 N–H and O–H groups in total. The van der Waals surface area contributed by atoms with Crippen LogP contribution in [0.2, 0.25) is 0 Å². The standard InChI is InChI=1S/C10H11ClN2.C10H11N5.C8H12N2.C2H3ClO2/c1-6-3-8-9(4-7(6)2)13-10(5-11)12-8;1-6-3-8-9(4-7(6)2)14-10(13-8)5-12-15-11;1-5-3-7(9)8(10)4-6(5)2;3-1-2(4)5/h3-4H,5H2,1-2H3,(H,12,13);3-4H,5H2,1-2H3,(H,13,14);3-4H,9-10H2,1-2H3;1H2,(H,4,5). The second-order valence-corrected chi connectivity index (χ2v) is 10.4. The van der Waals surface area contributed by atoms with E-state index in [2.05, 4.69) is 75.9 Å². The van der Waals surface area contributed by atoms with Gasteiger partial charge in [-0.25, -0.2) is 9.97 Å². The Morgan fingerprint density at radius 3 is 1.56 bits per heavy atom. The molecule has 228 valence electrons. The average Bonchev–Trinajstić information content (AvgIpc) is 3.55. The Morgan fingerprint density at radius 2 is 1.16 bits per heavy atom. The number of carbonyl (C=O) groups is 1. The van der Waals surface area contributed by atoms with Gasteiger partial charge in [0.1, 0.15) is 17.5 Å². The first kappa shape index (κ1) is 34.8. The predicted molar refractivity (Wildman–Crippen MR) is 177 cm³/mol. The molecule has 13 heteroatoms. The highest BCUT2D eigenvalue weighted by Crippen LogP contribution is 2.20. The van der Waals surface area contributed by atoms with Crippen molar-refractivity contribution in [3.05, 3.63) is 91.9 Å². The Balaban J connectivity index is 0.000000212. The Kier molecular flexibility index (Phi) is 13.1. The summed E-state index contributed by atoms with van der Waals surface area (Å²) >= 11 is 10.4. The van der Waals surface area contributed by atoms with E-state index in [1.165, 1.54) is 33.4 Å². The minimum Gasteiger partial charge on any atom is -0.480 e. The molecule has 0 spiro atoms. The molecule has 0 radical (unpaired) electrons. The van der Waals surface area contributed by atoms with Crippen LogP contribution in [-0.4, -0.2) is 36.9 Å². The van der Waals surface area contributed by atoms with E-state index in [0.717, 1.165) is 27.9 Å². The Labute approximate surface area is 260 Å². The number of aromatic amines is 2. The van der Waals surface area contributed by atoms with Crippen molar-refractivity contribution in [1.29, 1.82) is 0 Å². The molecule has 5 aromatic rings. The molecule has 2 heterocycles. The lowest BCUT2D eigenvalue weighted by molar-refractivity contribution is -0.134. The number of nitrogens with zero attached hydrogens (tertiary/aromatic N) is 5. The van der Waals surface area contributed by atoms with Crippen molar-refractivity contribution >= 4 is 62.6 Å². The van der Waals surface area contributed by atoms with Crippen molar-refractivity contribution in [2.75, 3.05) is 17.3 Å². The van der Waals surface area contributed by atoms with Crippen molar-refractivity contribution in [3.8, 4) is 0 Å². The highest BCUT2D eigenvalue weighted by atomic mass is 35.5. The van der Waals surface area contributed by atoms with Crippen LogP contribution in [0.3, 0.4) is 0 Å². The number of H-pyrrole nitrogens is 2. The first-order valence-corrected chi connectivity index (χ1v) is 14.2. The van der Waals surface area contributed by atoms with Crippen molar-refractivity contribution in [1.82, 2.24) is 19.9 Å². The van der Waals surface area contributed by atoms with Crippen LogP contribution >= 0.6 is 23.2 Å². The van der Waals surface area contributed by atoms with Gasteiger partial charge in [0.2, 0.25) is 0 Å². The topological polar surface area (TPSA) is 195 Å². The number of aryl methyl sites for hydroxylation is 6. The summed E-state index contributed by atoms with van der Waals surface area (Å²) in [5.74, 6) is 0.688. The summed E-state index contributed by atoms with van der Waals surface area (Å²) in [6, 6.07) is 12.1. The van der Waals surface area contributed by atoms with Crippen LogP contribution in [0, 0.1) is 41.5 Å². The van der Waals surface area contributed by atoms with Gasteiger partial charge in [-0.2, -0.15) is 0 Å². The molecule has 11 nitrogen and oxygen atoms in total. The van der Waals surface area contributed by atoms with E-state index < -0.39 is 5.97 Å². The van der Waals surface area contributed by atoms with Crippen molar-refractivity contribution in [2.45, 2.75) is 54.0 Å². The summed E-state index contributed by atoms with van der Waals surface area (Å²) in [5, 5.41) is 11.1. The Hall–Kier alpha value is -4.44. The summed E-state index contributed by atoms with van der Waals surface area (Å²) in [5.41, 5.74) is 32.0. The third-order valence-corrected chi connectivity index (χ3v) is 7.00.